The zero-order chi connectivity index (χ0) is 20.8. The predicted octanol–water partition coefficient (Wildman–Crippen LogP) is 1.41. The summed E-state index contributed by atoms with van der Waals surface area (Å²) in [4.78, 5) is 26.4. The van der Waals surface area contributed by atoms with Crippen molar-refractivity contribution in [2.75, 3.05) is 70.3 Å². The lowest BCUT2D eigenvalue weighted by atomic mass is 10.2. The zero-order valence-corrected chi connectivity index (χ0v) is 18.1. The third-order valence-corrected chi connectivity index (χ3v) is 6.35. The summed E-state index contributed by atoms with van der Waals surface area (Å²) < 4.78 is 2.25. The topological polar surface area (TPSA) is 47.9 Å². The van der Waals surface area contributed by atoms with Gasteiger partial charge >= 0.3 is 0 Å². The van der Waals surface area contributed by atoms with Crippen LogP contribution in [0, 0.1) is 0 Å². The van der Waals surface area contributed by atoms with Crippen molar-refractivity contribution in [3.8, 4) is 0 Å². The van der Waals surface area contributed by atoms with Gasteiger partial charge in [0.15, 0.2) is 0 Å². The minimum absolute atomic E-state index is 0.280. The number of nitrogens with zero attached hydrogens (tertiary/aromatic N) is 6. The van der Waals surface area contributed by atoms with E-state index in [1.165, 1.54) is 5.69 Å². The Labute approximate surface area is 179 Å². The molecular weight excluding hydrogens is 376 g/mol. The standard InChI is InChI=1S/C23H34N6O/c1-2-22-24-8-9-28(22)15-14-25-10-12-26(13-11-25)20-23(30)29-18-16-27(17-19-29)21-6-4-3-5-7-21/h3-9H,2,10-20H2,1H3. The highest BCUT2D eigenvalue weighted by molar-refractivity contribution is 5.78. The van der Waals surface area contributed by atoms with Crippen LogP contribution in [0.15, 0.2) is 42.7 Å². The second-order valence-electron chi connectivity index (χ2n) is 8.21. The molecule has 1 aromatic heterocycles. The van der Waals surface area contributed by atoms with Gasteiger partial charge in [-0.3, -0.25) is 14.6 Å². The Kier molecular flexibility index (Phi) is 7.02. The van der Waals surface area contributed by atoms with E-state index < -0.39 is 0 Å². The first kappa shape index (κ1) is 20.9. The number of piperazine rings is 2. The molecule has 4 rings (SSSR count). The molecule has 0 spiro atoms. The van der Waals surface area contributed by atoms with Gasteiger partial charge in [0, 0.05) is 89.9 Å². The van der Waals surface area contributed by atoms with Crippen LogP contribution >= 0.6 is 0 Å². The maximum atomic E-state index is 12.8. The number of aryl methyl sites for hydroxylation is 1. The molecule has 0 radical (unpaired) electrons. The number of amides is 1. The molecule has 2 saturated heterocycles. The first-order chi connectivity index (χ1) is 14.7. The second-order valence-corrected chi connectivity index (χ2v) is 8.21. The summed E-state index contributed by atoms with van der Waals surface area (Å²) in [5, 5.41) is 0. The van der Waals surface area contributed by atoms with Gasteiger partial charge in [0.25, 0.3) is 0 Å². The number of imidazole rings is 1. The Hall–Kier alpha value is -2.38. The Morgan fingerprint density at radius 3 is 2.30 bits per heavy atom. The summed E-state index contributed by atoms with van der Waals surface area (Å²) in [6.45, 7) is 12.2. The number of para-hydroxylation sites is 1. The molecule has 0 aliphatic carbocycles. The zero-order valence-electron chi connectivity index (χ0n) is 18.1. The molecule has 2 aliphatic rings. The highest BCUT2D eigenvalue weighted by Gasteiger charge is 2.24. The molecule has 0 unspecified atom stereocenters. The molecule has 2 aromatic rings. The SMILES string of the molecule is CCc1nccn1CCN1CCN(CC(=O)N2CCN(c3ccccc3)CC2)CC1. The summed E-state index contributed by atoms with van der Waals surface area (Å²) >= 11 is 0. The molecule has 30 heavy (non-hydrogen) atoms. The van der Waals surface area contributed by atoms with Crippen LogP contribution < -0.4 is 4.90 Å². The van der Waals surface area contributed by atoms with Gasteiger partial charge in [-0.1, -0.05) is 25.1 Å². The van der Waals surface area contributed by atoms with E-state index in [0.29, 0.717) is 6.54 Å². The fraction of sp³-hybridized carbons (Fsp3) is 0.565. The minimum Gasteiger partial charge on any atom is -0.368 e. The van der Waals surface area contributed by atoms with Crippen LogP contribution in [0.4, 0.5) is 5.69 Å². The molecule has 0 bridgehead atoms. The van der Waals surface area contributed by atoms with Gasteiger partial charge in [-0.05, 0) is 12.1 Å². The van der Waals surface area contributed by atoms with Crippen molar-refractivity contribution in [1.82, 2.24) is 24.3 Å². The quantitative estimate of drug-likeness (QED) is 0.691. The van der Waals surface area contributed by atoms with E-state index in [2.05, 4.69) is 61.6 Å². The highest BCUT2D eigenvalue weighted by atomic mass is 16.2. The van der Waals surface area contributed by atoms with Gasteiger partial charge < -0.3 is 14.4 Å². The number of anilines is 1. The second kappa shape index (κ2) is 10.1. The van der Waals surface area contributed by atoms with Gasteiger partial charge in [0.2, 0.25) is 5.91 Å². The van der Waals surface area contributed by atoms with Crippen LogP contribution in [0.25, 0.3) is 0 Å². The van der Waals surface area contributed by atoms with Crippen molar-refractivity contribution in [2.45, 2.75) is 19.9 Å². The molecule has 0 saturated carbocycles. The first-order valence-electron chi connectivity index (χ1n) is 11.3. The van der Waals surface area contributed by atoms with Gasteiger partial charge in [-0.25, -0.2) is 4.98 Å². The van der Waals surface area contributed by atoms with Gasteiger partial charge in [-0.2, -0.15) is 0 Å². The molecule has 2 fully saturated rings. The fourth-order valence-corrected chi connectivity index (χ4v) is 4.42. The molecule has 162 valence electrons. The van der Waals surface area contributed by atoms with Crippen molar-refractivity contribution < 1.29 is 4.79 Å². The average Bonchev–Trinajstić information content (AvgIpc) is 3.27. The lowest BCUT2D eigenvalue weighted by Gasteiger charge is -2.38. The molecule has 1 amide bonds. The van der Waals surface area contributed by atoms with Crippen molar-refractivity contribution in [3.63, 3.8) is 0 Å². The lowest BCUT2D eigenvalue weighted by Crippen LogP contribution is -2.54. The lowest BCUT2D eigenvalue weighted by molar-refractivity contribution is -0.133. The van der Waals surface area contributed by atoms with Crippen molar-refractivity contribution in [3.05, 3.63) is 48.5 Å². The van der Waals surface area contributed by atoms with Crippen LogP contribution in [0.5, 0.6) is 0 Å². The van der Waals surface area contributed by atoms with Crippen LogP contribution in [-0.4, -0.2) is 95.6 Å². The Bertz CT molecular complexity index is 791. The number of aromatic nitrogens is 2. The van der Waals surface area contributed by atoms with E-state index in [-0.39, 0.29) is 5.91 Å². The minimum atomic E-state index is 0.280. The van der Waals surface area contributed by atoms with Gasteiger partial charge in [-0.15, -0.1) is 0 Å². The molecule has 0 atom stereocenters. The van der Waals surface area contributed by atoms with Crippen molar-refractivity contribution in [2.24, 2.45) is 0 Å². The average molecular weight is 411 g/mol. The van der Waals surface area contributed by atoms with E-state index in [0.717, 1.165) is 77.7 Å². The number of benzene rings is 1. The molecule has 7 heteroatoms. The summed E-state index contributed by atoms with van der Waals surface area (Å²) in [5.41, 5.74) is 1.25. The molecular formula is C23H34N6O. The third-order valence-electron chi connectivity index (χ3n) is 6.35. The first-order valence-corrected chi connectivity index (χ1v) is 11.3. The predicted molar refractivity (Wildman–Crippen MR) is 120 cm³/mol. The molecule has 7 nitrogen and oxygen atoms in total. The van der Waals surface area contributed by atoms with E-state index >= 15 is 0 Å². The fourth-order valence-electron chi connectivity index (χ4n) is 4.42. The maximum absolute atomic E-state index is 12.8. The molecule has 2 aliphatic heterocycles. The third kappa shape index (κ3) is 5.21. The largest absolute Gasteiger partial charge is 0.368 e. The van der Waals surface area contributed by atoms with Gasteiger partial charge in [0.1, 0.15) is 5.82 Å². The monoisotopic (exact) mass is 410 g/mol. The Morgan fingerprint density at radius 2 is 1.60 bits per heavy atom. The van der Waals surface area contributed by atoms with E-state index in [1.54, 1.807) is 0 Å². The maximum Gasteiger partial charge on any atom is 0.236 e. The van der Waals surface area contributed by atoms with Gasteiger partial charge in [0.05, 0.1) is 6.54 Å². The molecule has 3 heterocycles. The summed E-state index contributed by atoms with van der Waals surface area (Å²) in [5.74, 6) is 1.44. The molecule has 1 aromatic carbocycles. The smallest absolute Gasteiger partial charge is 0.236 e. The van der Waals surface area contributed by atoms with Crippen LogP contribution in [-0.2, 0) is 17.8 Å². The number of rotatable bonds is 7. The number of hydrogen-bond donors (Lipinski definition) is 0. The Balaban J connectivity index is 1.16. The number of carbonyl (C=O) groups excluding carboxylic acids is 1. The highest BCUT2D eigenvalue weighted by Crippen LogP contribution is 2.16. The number of hydrogen-bond acceptors (Lipinski definition) is 5. The summed E-state index contributed by atoms with van der Waals surface area (Å²) in [6.07, 6.45) is 4.94. The summed E-state index contributed by atoms with van der Waals surface area (Å²) in [6, 6.07) is 10.5. The van der Waals surface area contributed by atoms with E-state index in [1.807, 2.05) is 17.2 Å². The summed E-state index contributed by atoms with van der Waals surface area (Å²) in [7, 11) is 0. The molecule has 0 N–H and O–H groups in total. The van der Waals surface area contributed by atoms with E-state index in [4.69, 9.17) is 0 Å². The van der Waals surface area contributed by atoms with Crippen molar-refractivity contribution >= 4 is 11.6 Å². The Morgan fingerprint density at radius 1 is 0.900 bits per heavy atom. The van der Waals surface area contributed by atoms with Crippen LogP contribution in [0.2, 0.25) is 0 Å². The normalized spacial score (nSPS) is 18.7. The van der Waals surface area contributed by atoms with Crippen LogP contribution in [0.3, 0.4) is 0 Å². The van der Waals surface area contributed by atoms with E-state index in [9.17, 15) is 4.79 Å². The number of carbonyl (C=O) groups is 1. The van der Waals surface area contributed by atoms with Crippen molar-refractivity contribution in [1.29, 1.82) is 0 Å². The van der Waals surface area contributed by atoms with Crippen LogP contribution in [0.1, 0.15) is 12.7 Å².